The first-order valence-corrected chi connectivity index (χ1v) is 6.20. The third kappa shape index (κ3) is 2.57. The average molecular weight is 262 g/mol. The lowest BCUT2D eigenvalue weighted by Crippen LogP contribution is -1.99. The molecular formula is C15H18O4. The summed E-state index contributed by atoms with van der Waals surface area (Å²) in [6, 6.07) is 5.63. The van der Waals surface area contributed by atoms with E-state index in [0.29, 0.717) is 24.3 Å². The monoisotopic (exact) mass is 262 g/mol. The molecule has 1 aliphatic carbocycles. The number of allylic oxidation sites excluding steroid dienone is 1. The van der Waals surface area contributed by atoms with E-state index < -0.39 is 0 Å². The molecule has 0 unspecified atom stereocenters. The number of ketones is 1. The van der Waals surface area contributed by atoms with Crippen molar-refractivity contribution < 1.29 is 19.0 Å². The molecule has 0 spiro atoms. The first-order chi connectivity index (χ1) is 9.21. The molecule has 1 aliphatic rings. The zero-order chi connectivity index (χ0) is 13.8. The summed E-state index contributed by atoms with van der Waals surface area (Å²) in [4.78, 5) is 11.4. The molecule has 0 heterocycles. The van der Waals surface area contributed by atoms with Gasteiger partial charge in [0.15, 0.2) is 11.5 Å². The number of methoxy groups -OCH3 is 3. The van der Waals surface area contributed by atoms with Gasteiger partial charge < -0.3 is 14.2 Å². The van der Waals surface area contributed by atoms with Crippen molar-refractivity contribution in [3.8, 4) is 11.5 Å². The highest BCUT2D eigenvalue weighted by molar-refractivity contribution is 5.87. The van der Waals surface area contributed by atoms with Crippen LogP contribution in [0, 0.1) is 0 Å². The molecule has 2 rings (SSSR count). The van der Waals surface area contributed by atoms with Gasteiger partial charge in [-0.25, -0.2) is 0 Å². The number of hydrogen-bond donors (Lipinski definition) is 0. The van der Waals surface area contributed by atoms with Gasteiger partial charge in [-0.3, -0.25) is 4.79 Å². The second kappa shape index (κ2) is 5.78. The van der Waals surface area contributed by atoms with Gasteiger partial charge in [0, 0.05) is 12.8 Å². The van der Waals surface area contributed by atoms with E-state index in [1.807, 2.05) is 18.2 Å². The lowest BCUT2D eigenvalue weighted by atomic mass is 10.1. The lowest BCUT2D eigenvalue weighted by Gasteiger charge is -2.16. The number of rotatable bonds is 4. The molecule has 0 amide bonds. The number of carbonyl (C=O) groups excluding carboxylic acids is 1. The Balaban J connectivity index is 2.53. The van der Waals surface area contributed by atoms with Crippen LogP contribution in [0.15, 0.2) is 23.8 Å². The van der Waals surface area contributed by atoms with E-state index in [4.69, 9.17) is 14.2 Å². The van der Waals surface area contributed by atoms with Crippen LogP contribution in [-0.4, -0.2) is 27.1 Å². The number of para-hydroxylation sites is 1. The first kappa shape index (κ1) is 13.5. The second-order valence-electron chi connectivity index (χ2n) is 4.39. The maximum atomic E-state index is 11.4. The number of carbonyl (C=O) groups is 1. The second-order valence-corrected chi connectivity index (χ2v) is 4.39. The Morgan fingerprint density at radius 1 is 1.11 bits per heavy atom. The summed E-state index contributed by atoms with van der Waals surface area (Å²) in [5.74, 6) is 2.26. The minimum absolute atomic E-state index is 0.256. The van der Waals surface area contributed by atoms with E-state index >= 15 is 0 Å². The third-order valence-electron chi connectivity index (χ3n) is 3.29. The van der Waals surface area contributed by atoms with Crippen molar-refractivity contribution in [1.82, 2.24) is 0 Å². The molecule has 102 valence electrons. The van der Waals surface area contributed by atoms with Crippen LogP contribution in [0.4, 0.5) is 0 Å². The van der Waals surface area contributed by atoms with Crippen LogP contribution < -0.4 is 9.47 Å². The van der Waals surface area contributed by atoms with Gasteiger partial charge in [-0.2, -0.15) is 0 Å². The smallest absolute Gasteiger partial charge is 0.171 e. The summed E-state index contributed by atoms with van der Waals surface area (Å²) in [5, 5.41) is 0. The molecule has 0 saturated heterocycles. The van der Waals surface area contributed by atoms with Gasteiger partial charge in [-0.05, 0) is 24.1 Å². The molecule has 1 fully saturated rings. The normalized spacial score (nSPS) is 17.3. The van der Waals surface area contributed by atoms with Crippen LogP contribution in [0.1, 0.15) is 24.8 Å². The van der Waals surface area contributed by atoms with Crippen molar-refractivity contribution >= 4 is 11.5 Å². The summed E-state index contributed by atoms with van der Waals surface area (Å²) < 4.78 is 16.2. The minimum Gasteiger partial charge on any atom is -0.496 e. The van der Waals surface area contributed by atoms with E-state index in [2.05, 4.69) is 0 Å². The molecule has 0 aliphatic heterocycles. The summed E-state index contributed by atoms with van der Waals surface area (Å²) in [6.45, 7) is 0. The predicted octanol–water partition coefficient (Wildman–Crippen LogP) is 2.81. The van der Waals surface area contributed by atoms with Gasteiger partial charge in [0.05, 0.1) is 26.9 Å². The third-order valence-corrected chi connectivity index (χ3v) is 3.29. The van der Waals surface area contributed by atoms with E-state index in [9.17, 15) is 4.79 Å². The Morgan fingerprint density at radius 2 is 1.89 bits per heavy atom. The van der Waals surface area contributed by atoms with Crippen LogP contribution in [-0.2, 0) is 9.53 Å². The zero-order valence-corrected chi connectivity index (χ0v) is 11.5. The summed E-state index contributed by atoms with van der Waals surface area (Å²) >= 11 is 0. The molecule has 0 aromatic heterocycles. The van der Waals surface area contributed by atoms with Gasteiger partial charge in [0.2, 0.25) is 0 Å². The Kier molecular flexibility index (Phi) is 4.10. The average Bonchev–Trinajstić information content (AvgIpc) is 2.85. The first-order valence-electron chi connectivity index (χ1n) is 6.20. The Hall–Kier alpha value is -1.97. The topological polar surface area (TPSA) is 44.8 Å². The van der Waals surface area contributed by atoms with E-state index in [1.54, 1.807) is 21.3 Å². The maximum absolute atomic E-state index is 11.4. The van der Waals surface area contributed by atoms with Crippen molar-refractivity contribution in [1.29, 1.82) is 0 Å². The fraction of sp³-hybridized carbons (Fsp3) is 0.400. The van der Waals surface area contributed by atoms with Gasteiger partial charge in [-0.15, -0.1) is 0 Å². The molecule has 0 N–H and O–H groups in total. The Bertz CT molecular complexity index is 517. The number of benzene rings is 1. The molecule has 1 saturated carbocycles. The fourth-order valence-corrected chi connectivity index (χ4v) is 2.41. The molecule has 0 bridgehead atoms. The largest absolute Gasteiger partial charge is 0.496 e. The SMILES string of the molecule is COC(=C1CCC(=O)C1)c1cccc(OC)c1OC. The number of hydrogen-bond acceptors (Lipinski definition) is 4. The molecule has 4 nitrogen and oxygen atoms in total. The van der Waals surface area contributed by atoms with Gasteiger partial charge in [0.25, 0.3) is 0 Å². The fourth-order valence-electron chi connectivity index (χ4n) is 2.41. The van der Waals surface area contributed by atoms with Crippen LogP contribution >= 0.6 is 0 Å². The molecule has 1 aromatic carbocycles. The van der Waals surface area contributed by atoms with Crippen molar-refractivity contribution in [2.75, 3.05) is 21.3 Å². The Labute approximate surface area is 113 Å². The number of ether oxygens (including phenoxy) is 3. The standard InChI is InChI=1S/C15H18O4/c1-17-13-6-4-5-12(15(13)19-3)14(18-2)10-7-8-11(16)9-10/h4-6H,7-9H2,1-3H3. The quantitative estimate of drug-likeness (QED) is 0.783. The minimum atomic E-state index is 0.256. The van der Waals surface area contributed by atoms with Crippen molar-refractivity contribution in [2.24, 2.45) is 0 Å². The molecule has 4 heteroatoms. The lowest BCUT2D eigenvalue weighted by molar-refractivity contribution is -0.117. The van der Waals surface area contributed by atoms with Crippen molar-refractivity contribution in [3.63, 3.8) is 0 Å². The van der Waals surface area contributed by atoms with E-state index in [-0.39, 0.29) is 5.78 Å². The highest BCUT2D eigenvalue weighted by Crippen LogP contribution is 2.39. The highest BCUT2D eigenvalue weighted by atomic mass is 16.5. The van der Waals surface area contributed by atoms with Gasteiger partial charge in [-0.1, -0.05) is 6.07 Å². The highest BCUT2D eigenvalue weighted by Gasteiger charge is 2.23. The molecular weight excluding hydrogens is 244 g/mol. The summed E-state index contributed by atoms with van der Waals surface area (Å²) in [6.07, 6.45) is 1.81. The van der Waals surface area contributed by atoms with E-state index in [1.165, 1.54) is 0 Å². The summed E-state index contributed by atoms with van der Waals surface area (Å²) in [7, 11) is 4.81. The van der Waals surface area contributed by atoms with E-state index in [0.717, 1.165) is 23.3 Å². The number of Topliss-reactive ketones (excluding diaryl/α,β-unsaturated/α-hetero) is 1. The summed E-state index contributed by atoms with van der Waals surface area (Å²) in [5.41, 5.74) is 1.85. The Morgan fingerprint density at radius 3 is 2.42 bits per heavy atom. The maximum Gasteiger partial charge on any atom is 0.171 e. The van der Waals surface area contributed by atoms with Crippen LogP contribution in [0.2, 0.25) is 0 Å². The van der Waals surface area contributed by atoms with Crippen LogP contribution in [0.5, 0.6) is 11.5 Å². The molecule has 0 radical (unpaired) electrons. The van der Waals surface area contributed by atoms with Gasteiger partial charge in [0.1, 0.15) is 11.5 Å². The molecule has 19 heavy (non-hydrogen) atoms. The van der Waals surface area contributed by atoms with Crippen molar-refractivity contribution in [2.45, 2.75) is 19.3 Å². The van der Waals surface area contributed by atoms with Gasteiger partial charge >= 0.3 is 0 Å². The van der Waals surface area contributed by atoms with Crippen molar-refractivity contribution in [3.05, 3.63) is 29.3 Å². The predicted molar refractivity (Wildman–Crippen MR) is 72.3 cm³/mol. The van der Waals surface area contributed by atoms with Crippen LogP contribution in [0.3, 0.4) is 0 Å². The molecule has 0 atom stereocenters. The van der Waals surface area contributed by atoms with Crippen LogP contribution in [0.25, 0.3) is 5.76 Å². The molecule has 1 aromatic rings. The zero-order valence-electron chi connectivity index (χ0n) is 11.5.